The summed E-state index contributed by atoms with van der Waals surface area (Å²) in [6.45, 7) is 3.78. The second-order valence-electron chi connectivity index (χ2n) is 2.12. The van der Waals surface area contributed by atoms with Crippen molar-refractivity contribution in [3.63, 3.8) is 0 Å². The molecule has 1 unspecified atom stereocenters. The van der Waals surface area contributed by atoms with Gasteiger partial charge < -0.3 is 9.88 Å². The topological polar surface area (TPSA) is 29.1 Å². The number of hydrogen-bond acceptors (Lipinski definition) is 2. The fourth-order valence-corrected chi connectivity index (χ4v) is 1.34. The molecule has 0 fully saturated rings. The molecule has 1 N–H and O–H groups in total. The number of hydrogen-bond donors (Lipinski definition) is 1. The molecule has 0 spiro atoms. The molecular weight excluding hydrogens is 121 g/mol. The van der Waals surface area contributed by atoms with Gasteiger partial charge in [0.05, 0.1) is 7.14 Å². The zero-order chi connectivity index (χ0) is 6.62. The second-order valence-corrected chi connectivity index (χ2v) is 5.67. The van der Waals surface area contributed by atoms with Gasteiger partial charge in [0.15, 0.2) is 0 Å². The lowest BCUT2D eigenvalue weighted by Gasteiger charge is -2.07. The third-order valence-electron chi connectivity index (χ3n) is 1.16. The van der Waals surface area contributed by atoms with Gasteiger partial charge in [-0.15, -0.1) is 0 Å². The van der Waals surface area contributed by atoms with Crippen LogP contribution in [0.3, 0.4) is 0 Å². The maximum atomic E-state index is 11.1. The SMILES string of the molecule is CCP(C)(=O)CNC. The molecule has 0 radical (unpaired) electrons. The van der Waals surface area contributed by atoms with Gasteiger partial charge in [0.1, 0.15) is 0 Å². The van der Waals surface area contributed by atoms with Gasteiger partial charge in [-0.3, -0.25) is 0 Å². The minimum absolute atomic E-state index is 0.670. The zero-order valence-corrected chi connectivity index (χ0v) is 6.66. The average molecular weight is 135 g/mol. The summed E-state index contributed by atoms with van der Waals surface area (Å²) in [5.74, 6) is 0. The monoisotopic (exact) mass is 135 g/mol. The number of rotatable bonds is 3. The Morgan fingerprint density at radius 3 is 2.25 bits per heavy atom. The van der Waals surface area contributed by atoms with Crippen LogP contribution in [0.25, 0.3) is 0 Å². The lowest BCUT2D eigenvalue weighted by Crippen LogP contribution is -2.08. The summed E-state index contributed by atoms with van der Waals surface area (Å²) in [4.78, 5) is 0. The lowest BCUT2D eigenvalue weighted by molar-refractivity contribution is 0.576. The molecule has 0 aliphatic carbocycles. The van der Waals surface area contributed by atoms with Crippen LogP contribution in [0.15, 0.2) is 0 Å². The van der Waals surface area contributed by atoms with E-state index in [-0.39, 0.29) is 0 Å². The Kier molecular flexibility index (Phi) is 3.34. The van der Waals surface area contributed by atoms with E-state index in [1.165, 1.54) is 0 Å². The molecule has 0 bridgehead atoms. The molecule has 1 atom stereocenters. The molecule has 8 heavy (non-hydrogen) atoms. The normalized spacial score (nSPS) is 17.9. The summed E-state index contributed by atoms with van der Waals surface area (Å²) in [6, 6.07) is 0. The Labute approximate surface area is 51.0 Å². The molecule has 0 saturated heterocycles. The van der Waals surface area contributed by atoms with Crippen LogP contribution in [0.1, 0.15) is 6.92 Å². The second kappa shape index (κ2) is 3.26. The zero-order valence-electron chi connectivity index (χ0n) is 5.77. The molecule has 0 aromatic rings. The molecule has 0 rings (SSSR count). The van der Waals surface area contributed by atoms with Crippen LogP contribution < -0.4 is 5.32 Å². The van der Waals surface area contributed by atoms with E-state index in [1.54, 1.807) is 0 Å². The van der Waals surface area contributed by atoms with Crippen LogP contribution in [0.4, 0.5) is 0 Å². The summed E-state index contributed by atoms with van der Waals surface area (Å²) in [5, 5.41) is 2.90. The van der Waals surface area contributed by atoms with Crippen molar-refractivity contribution < 1.29 is 4.57 Å². The average Bonchev–Trinajstić information content (AvgIpc) is 1.67. The van der Waals surface area contributed by atoms with Crippen molar-refractivity contribution in [2.75, 3.05) is 26.2 Å². The van der Waals surface area contributed by atoms with E-state index in [2.05, 4.69) is 5.32 Å². The Bertz CT molecular complexity index is 103. The van der Waals surface area contributed by atoms with E-state index in [9.17, 15) is 4.57 Å². The van der Waals surface area contributed by atoms with Crippen molar-refractivity contribution in [3.05, 3.63) is 0 Å². The third kappa shape index (κ3) is 3.23. The van der Waals surface area contributed by atoms with Gasteiger partial charge in [0.25, 0.3) is 0 Å². The smallest absolute Gasteiger partial charge is 0.0975 e. The van der Waals surface area contributed by atoms with Crippen molar-refractivity contribution in [1.29, 1.82) is 0 Å². The predicted octanol–water partition coefficient (Wildman–Crippen LogP) is 1.18. The molecule has 0 saturated carbocycles. The van der Waals surface area contributed by atoms with Crippen molar-refractivity contribution in [3.8, 4) is 0 Å². The van der Waals surface area contributed by atoms with E-state index in [4.69, 9.17) is 0 Å². The Balaban J connectivity index is 3.55. The first-order valence-electron chi connectivity index (χ1n) is 2.82. The van der Waals surface area contributed by atoms with Gasteiger partial charge in [-0.25, -0.2) is 0 Å². The molecule has 2 nitrogen and oxygen atoms in total. The minimum Gasteiger partial charge on any atom is -0.323 e. The van der Waals surface area contributed by atoms with E-state index in [0.717, 1.165) is 6.16 Å². The summed E-state index contributed by atoms with van der Waals surface area (Å²) in [6.07, 6.45) is 1.47. The maximum absolute atomic E-state index is 11.1. The van der Waals surface area contributed by atoms with Gasteiger partial charge in [0.2, 0.25) is 0 Å². The van der Waals surface area contributed by atoms with Crippen molar-refractivity contribution in [1.82, 2.24) is 5.32 Å². The van der Waals surface area contributed by atoms with Gasteiger partial charge in [-0.05, 0) is 19.9 Å². The van der Waals surface area contributed by atoms with Gasteiger partial charge >= 0.3 is 0 Å². The molecule has 0 aliphatic rings. The Morgan fingerprint density at radius 1 is 1.62 bits per heavy atom. The van der Waals surface area contributed by atoms with Gasteiger partial charge in [-0.2, -0.15) is 0 Å². The molecule has 0 heterocycles. The molecule has 0 aromatic carbocycles. The highest BCUT2D eigenvalue weighted by atomic mass is 31.2. The van der Waals surface area contributed by atoms with Crippen LogP contribution in [0, 0.1) is 0 Å². The molecule has 3 heteroatoms. The largest absolute Gasteiger partial charge is 0.323 e. The van der Waals surface area contributed by atoms with E-state index >= 15 is 0 Å². The summed E-state index contributed by atoms with van der Waals surface area (Å²) < 4.78 is 11.1. The third-order valence-corrected chi connectivity index (χ3v) is 3.48. The first-order chi connectivity index (χ1) is 3.62. The van der Waals surface area contributed by atoms with Crippen molar-refractivity contribution in [2.45, 2.75) is 6.92 Å². The van der Waals surface area contributed by atoms with Crippen LogP contribution >= 0.6 is 7.14 Å². The highest BCUT2D eigenvalue weighted by molar-refractivity contribution is 7.63. The van der Waals surface area contributed by atoms with Gasteiger partial charge in [-0.1, -0.05) is 6.92 Å². The summed E-state index contributed by atoms with van der Waals surface area (Å²) in [7, 11) is 0.0407. The Morgan fingerprint density at radius 2 is 2.12 bits per heavy atom. The van der Waals surface area contributed by atoms with E-state index in [1.807, 2.05) is 20.6 Å². The van der Waals surface area contributed by atoms with Crippen LogP contribution in [0.5, 0.6) is 0 Å². The van der Waals surface area contributed by atoms with Crippen LogP contribution in [-0.4, -0.2) is 26.2 Å². The maximum Gasteiger partial charge on any atom is 0.0975 e. The standard InChI is InChI=1S/C5H14NOP/c1-4-8(3,7)5-6-2/h6H,4-5H2,1-3H3. The number of nitrogens with one attached hydrogen (secondary N) is 1. The fourth-order valence-electron chi connectivity index (χ4n) is 0.446. The first kappa shape index (κ1) is 8.19. The quantitative estimate of drug-likeness (QED) is 0.588. The first-order valence-corrected chi connectivity index (χ1v) is 5.35. The summed E-state index contributed by atoms with van der Waals surface area (Å²) >= 11 is 0. The molecular formula is C5H14NOP. The van der Waals surface area contributed by atoms with E-state index in [0.29, 0.717) is 6.29 Å². The van der Waals surface area contributed by atoms with Gasteiger partial charge in [0, 0.05) is 6.29 Å². The van der Waals surface area contributed by atoms with Crippen molar-refractivity contribution >= 4 is 7.14 Å². The summed E-state index contributed by atoms with van der Waals surface area (Å²) in [5.41, 5.74) is 0. The molecule has 0 aliphatic heterocycles. The lowest BCUT2D eigenvalue weighted by atomic mass is 11.0. The molecule has 50 valence electrons. The predicted molar refractivity (Wildman–Crippen MR) is 38.0 cm³/mol. The highest BCUT2D eigenvalue weighted by Gasteiger charge is 2.08. The molecule has 0 amide bonds. The molecule has 0 aromatic heterocycles. The fraction of sp³-hybridized carbons (Fsp3) is 1.00. The Hall–Kier alpha value is 0.190. The van der Waals surface area contributed by atoms with Crippen molar-refractivity contribution in [2.24, 2.45) is 0 Å². The minimum atomic E-state index is -1.78. The highest BCUT2D eigenvalue weighted by Crippen LogP contribution is 2.38. The van der Waals surface area contributed by atoms with Crippen LogP contribution in [0.2, 0.25) is 0 Å². The van der Waals surface area contributed by atoms with E-state index < -0.39 is 7.14 Å². The van der Waals surface area contributed by atoms with Crippen LogP contribution in [-0.2, 0) is 4.57 Å².